The molecule has 0 fully saturated rings. The van der Waals surface area contributed by atoms with Gasteiger partial charge < -0.3 is 25.7 Å². The van der Waals surface area contributed by atoms with Crippen molar-refractivity contribution in [3.63, 3.8) is 0 Å². The van der Waals surface area contributed by atoms with Gasteiger partial charge in [0.15, 0.2) is 0 Å². The van der Waals surface area contributed by atoms with Crippen molar-refractivity contribution in [1.29, 1.82) is 0 Å². The lowest BCUT2D eigenvalue weighted by molar-refractivity contribution is -0.132. The molecule has 0 saturated heterocycles. The maximum atomic E-state index is 12.5. The monoisotopic (exact) mass is 684 g/mol. The van der Waals surface area contributed by atoms with Crippen molar-refractivity contribution in [3.05, 3.63) is 0 Å². The minimum Gasteiger partial charge on any atom is -0.394 e. The summed E-state index contributed by atoms with van der Waals surface area (Å²) in [5.41, 5.74) is 0. The van der Waals surface area contributed by atoms with Gasteiger partial charge in [-0.05, 0) is 12.8 Å². The van der Waals surface area contributed by atoms with Gasteiger partial charge in [0.25, 0.3) is 0 Å². The van der Waals surface area contributed by atoms with Crippen LogP contribution in [0, 0.1) is 0 Å². The third-order valence-electron chi connectivity index (χ3n) is 10.3. The SMILES string of the molecule is CCCCCCCCCCCCCCCCCCCCCCC(O)C(O)C(CO)NC(=O)C(O)CCCCCCCCCCCCCC. The molecule has 0 radical (unpaired) electrons. The van der Waals surface area contributed by atoms with Gasteiger partial charge in [-0.3, -0.25) is 4.79 Å². The van der Waals surface area contributed by atoms with Crippen molar-refractivity contribution >= 4 is 5.91 Å². The standard InChI is InChI=1S/C42H85NO5/c1-3-5-7-9-11-13-15-17-18-19-20-21-22-23-24-26-27-29-31-33-35-39(45)41(47)38(37-44)43-42(48)40(46)36-34-32-30-28-25-16-14-12-10-8-6-4-2/h38-41,44-47H,3-37H2,1-2H3,(H,43,48). The highest BCUT2D eigenvalue weighted by Crippen LogP contribution is 2.17. The van der Waals surface area contributed by atoms with Crippen LogP contribution in [0.5, 0.6) is 0 Å². The number of aliphatic hydroxyl groups is 4. The molecule has 0 aliphatic carbocycles. The van der Waals surface area contributed by atoms with E-state index in [1.54, 1.807) is 0 Å². The van der Waals surface area contributed by atoms with E-state index in [9.17, 15) is 25.2 Å². The number of carbonyl (C=O) groups is 1. The summed E-state index contributed by atoms with van der Waals surface area (Å²) in [7, 11) is 0. The van der Waals surface area contributed by atoms with Crippen molar-refractivity contribution in [3.8, 4) is 0 Å². The van der Waals surface area contributed by atoms with Crippen LogP contribution in [0.15, 0.2) is 0 Å². The second-order valence-corrected chi connectivity index (χ2v) is 15.1. The van der Waals surface area contributed by atoms with E-state index in [0.29, 0.717) is 12.8 Å². The lowest BCUT2D eigenvalue weighted by Crippen LogP contribution is -2.53. The molecule has 0 aromatic rings. The zero-order chi connectivity index (χ0) is 35.3. The average Bonchev–Trinajstić information content (AvgIpc) is 3.09. The maximum absolute atomic E-state index is 12.5. The number of unbranched alkanes of at least 4 members (excludes halogenated alkanes) is 30. The van der Waals surface area contributed by atoms with Crippen LogP contribution >= 0.6 is 0 Å². The number of hydrogen-bond acceptors (Lipinski definition) is 5. The Kier molecular flexibility index (Phi) is 37.0. The molecule has 0 spiro atoms. The van der Waals surface area contributed by atoms with Crippen molar-refractivity contribution in [1.82, 2.24) is 5.32 Å². The second kappa shape index (κ2) is 37.6. The zero-order valence-electron chi connectivity index (χ0n) is 32.3. The van der Waals surface area contributed by atoms with Gasteiger partial charge in [0.1, 0.15) is 12.2 Å². The second-order valence-electron chi connectivity index (χ2n) is 15.1. The molecular formula is C42H85NO5. The normalized spacial score (nSPS) is 14.2. The van der Waals surface area contributed by atoms with E-state index in [4.69, 9.17) is 0 Å². The van der Waals surface area contributed by atoms with E-state index in [-0.39, 0.29) is 0 Å². The van der Waals surface area contributed by atoms with Crippen LogP contribution in [0.25, 0.3) is 0 Å². The Morgan fingerprint density at radius 2 is 0.708 bits per heavy atom. The number of carbonyl (C=O) groups excluding carboxylic acids is 1. The molecule has 1 amide bonds. The van der Waals surface area contributed by atoms with Crippen molar-refractivity contribution < 1.29 is 25.2 Å². The highest BCUT2D eigenvalue weighted by Gasteiger charge is 2.28. The lowest BCUT2D eigenvalue weighted by Gasteiger charge is -2.27. The molecule has 288 valence electrons. The van der Waals surface area contributed by atoms with Gasteiger partial charge in [-0.1, -0.05) is 219 Å². The van der Waals surface area contributed by atoms with Gasteiger partial charge in [-0.2, -0.15) is 0 Å². The van der Waals surface area contributed by atoms with Crippen molar-refractivity contribution in [2.75, 3.05) is 6.61 Å². The first-order valence-electron chi connectivity index (χ1n) is 21.4. The summed E-state index contributed by atoms with van der Waals surface area (Å²) in [4.78, 5) is 12.5. The van der Waals surface area contributed by atoms with E-state index in [1.807, 2.05) is 0 Å². The zero-order valence-corrected chi connectivity index (χ0v) is 32.3. The number of rotatable bonds is 39. The molecule has 5 N–H and O–H groups in total. The fraction of sp³-hybridized carbons (Fsp3) is 0.976. The van der Waals surface area contributed by atoms with E-state index in [0.717, 1.165) is 38.5 Å². The fourth-order valence-corrected chi connectivity index (χ4v) is 6.88. The third kappa shape index (κ3) is 31.3. The smallest absolute Gasteiger partial charge is 0.249 e. The summed E-state index contributed by atoms with van der Waals surface area (Å²) >= 11 is 0. The molecule has 0 bridgehead atoms. The molecule has 0 aromatic heterocycles. The lowest BCUT2D eigenvalue weighted by atomic mass is 9.99. The number of nitrogens with one attached hydrogen (secondary N) is 1. The molecule has 0 rings (SSSR count). The Balaban J connectivity index is 3.69. The van der Waals surface area contributed by atoms with E-state index < -0.39 is 36.9 Å². The van der Waals surface area contributed by atoms with Gasteiger partial charge in [0.2, 0.25) is 5.91 Å². The predicted octanol–water partition coefficient (Wildman–Crippen LogP) is 10.8. The van der Waals surface area contributed by atoms with Crippen LogP contribution in [0.1, 0.15) is 232 Å². The molecule has 0 aliphatic heterocycles. The van der Waals surface area contributed by atoms with Gasteiger partial charge in [0, 0.05) is 0 Å². The van der Waals surface area contributed by atoms with Gasteiger partial charge in [-0.25, -0.2) is 0 Å². The highest BCUT2D eigenvalue weighted by molar-refractivity contribution is 5.80. The van der Waals surface area contributed by atoms with Crippen LogP contribution in [0.4, 0.5) is 0 Å². The van der Waals surface area contributed by atoms with Crippen molar-refractivity contribution in [2.24, 2.45) is 0 Å². The Bertz CT molecular complexity index is 648. The quantitative estimate of drug-likeness (QED) is 0.0414. The Morgan fingerprint density at radius 3 is 1.00 bits per heavy atom. The molecule has 0 saturated carbocycles. The van der Waals surface area contributed by atoms with Crippen LogP contribution in [0.3, 0.4) is 0 Å². The molecule has 0 aliphatic rings. The molecular weight excluding hydrogens is 598 g/mol. The number of aliphatic hydroxyl groups excluding tert-OH is 4. The molecule has 4 unspecified atom stereocenters. The summed E-state index contributed by atoms with van der Waals surface area (Å²) in [6, 6.07) is -0.978. The summed E-state index contributed by atoms with van der Waals surface area (Å²) in [6.07, 6.45) is 38.4. The average molecular weight is 684 g/mol. The number of amides is 1. The predicted molar refractivity (Wildman–Crippen MR) is 205 cm³/mol. The first-order chi connectivity index (χ1) is 23.5. The van der Waals surface area contributed by atoms with Gasteiger partial charge in [0.05, 0.1) is 18.8 Å². The number of hydrogen-bond donors (Lipinski definition) is 5. The fourth-order valence-electron chi connectivity index (χ4n) is 6.88. The van der Waals surface area contributed by atoms with E-state index >= 15 is 0 Å². The summed E-state index contributed by atoms with van der Waals surface area (Å²) in [6.45, 7) is 4.05. The van der Waals surface area contributed by atoms with Crippen LogP contribution in [-0.2, 0) is 4.79 Å². The molecule has 0 aromatic carbocycles. The Labute approximate surface area is 299 Å². The summed E-state index contributed by atoms with van der Waals surface area (Å²) < 4.78 is 0. The molecule has 0 heterocycles. The van der Waals surface area contributed by atoms with Crippen LogP contribution in [-0.4, -0.2) is 57.3 Å². The van der Waals surface area contributed by atoms with Crippen LogP contribution < -0.4 is 5.32 Å². The summed E-state index contributed by atoms with van der Waals surface area (Å²) in [5, 5.41) is 43.6. The van der Waals surface area contributed by atoms with Gasteiger partial charge >= 0.3 is 0 Å². The van der Waals surface area contributed by atoms with Gasteiger partial charge in [-0.15, -0.1) is 0 Å². The molecule has 6 nitrogen and oxygen atoms in total. The third-order valence-corrected chi connectivity index (χ3v) is 10.3. The molecule has 4 atom stereocenters. The Hall–Kier alpha value is -0.690. The maximum Gasteiger partial charge on any atom is 0.249 e. The first kappa shape index (κ1) is 47.3. The topological polar surface area (TPSA) is 110 Å². The molecule has 6 heteroatoms. The minimum absolute atomic E-state index is 0.374. The first-order valence-corrected chi connectivity index (χ1v) is 21.4. The minimum atomic E-state index is -1.25. The Morgan fingerprint density at radius 1 is 0.438 bits per heavy atom. The molecule has 48 heavy (non-hydrogen) atoms. The summed E-state index contributed by atoms with van der Waals surface area (Å²) in [5.74, 6) is -0.581. The van der Waals surface area contributed by atoms with Crippen LogP contribution in [0.2, 0.25) is 0 Å². The largest absolute Gasteiger partial charge is 0.394 e. The highest BCUT2D eigenvalue weighted by atomic mass is 16.3. The van der Waals surface area contributed by atoms with Crippen molar-refractivity contribution in [2.45, 2.75) is 257 Å². The van der Waals surface area contributed by atoms with E-state index in [1.165, 1.54) is 167 Å². The van der Waals surface area contributed by atoms with E-state index in [2.05, 4.69) is 19.2 Å².